The van der Waals surface area contributed by atoms with E-state index in [4.69, 9.17) is 11.6 Å². The Morgan fingerprint density at radius 2 is 2.40 bits per heavy atom. The number of hydrogen-bond donors (Lipinski definition) is 0. The second kappa shape index (κ2) is 3.59. The highest BCUT2D eigenvalue weighted by Gasteiger charge is 2.20. The fourth-order valence-electron chi connectivity index (χ4n) is 1.59. The van der Waals surface area contributed by atoms with E-state index in [2.05, 4.69) is 18.7 Å². The molecule has 0 aromatic heterocycles. The van der Waals surface area contributed by atoms with Crippen LogP contribution in [0.25, 0.3) is 0 Å². The molecule has 0 spiro atoms. The lowest BCUT2D eigenvalue weighted by Gasteiger charge is -2.21. The molecular weight excluding hydrogens is 146 g/mol. The maximum atomic E-state index is 5.88. The van der Waals surface area contributed by atoms with Gasteiger partial charge in [0.05, 0.1) is 0 Å². The molecule has 10 heavy (non-hydrogen) atoms. The molecule has 0 bridgehead atoms. The normalized spacial score (nSPS) is 30.9. The van der Waals surface area contributed by atoms with E-state index < -0.39 is 0 Å². The smallest absolute Gasteiger partial charge is 0.0435 e. The topological polar surface area (TPSA) is 3.24 Å². The van der Waals surface area contributed by atoms with Crippen LogP contribution in [0.3, 0.4) is 0 Å². The molecule has 0 aromatic carbocycles. The monoisotopic (exact) mass is 161 g/mol. The number of rotatable bonds is 2. The lowest BCUT2D eigenvalue weighted by Crippen LogP contribution is -2.31. The Balaban J connectivity index is 2.26. The van der Waals surface area contributed by atoms with Crippen LogP contribution in [0.5, 0.6) is 0 Å². The zero-order valence-electron chi connectivity index (χ0n) is 6.81. The van der Waals surface area contributed by atoms with E-state index in [1.54, 1.807) is 0 Å². The van der Waals surface area contributed by atoms with Crippen LogP contribution in [0.4, 0.5) is 0 Å². The van der Waals surface area contributed by atoms with Crippen LogP contribution in [-0.2, 0) is 0 Å². The molecule has 0 saturated carbocycles. The summed E-state index contributed by atoms with van der Waals surface area (Å²) in [6, 6.07) is 0.765. The summed E-state index contributed by atoms with van der Waals surface area (Å²) in [4.78, 5) is 2.47. The van der Waals surface area contributed by atoms with Crippen LogP contribution in [-0.4, -0.2) is 29.4 Å². The lowest BCUT2D eigenvalue weighted by atomic mass is 10.2. The van der Waals surface area contributed by atoms with Gasteiger partial charge in [-0.05, 0) is 33.2 Å². The number of likely N-dealkylation sites (tertiary alicyclic amines) is 1. The van der Waals surface area contributed by atoms with Crippen molar-refractivity contribution >= 4 is 11.6 Å². The Morgan fingerprint density at radius 1 is 1.70 bits per heavy atom. The molecule has 1 unspecified atom stereocenters. The summed E-state index contributed by atoms with van der Waals surface area (Å²) in [5.41, 5.74) is 0. The molecule has 1 nitrogen and oxygen atoms in total. The lowest BCUT2D eigenvalue weighted by molar-refractivity contribution is 0.271. The van der Waals surface area contributed by atoms with Gasteiger partial charge in [-0.1, -0.05) is 0 Å². The molecule has 0 aromatic rings. The summed E-state index contributed by atoms with van der Waals surface area (Å²) >= 11 is 5.88. The third-order valence-electron chi connectivity index (χ3n) is 2.18. The van der Waals surface area contributed by atoms with Gasteiger partial charge in [0.15, 0.2) is 0 Å². The maximum Gasteiger partial charge on any atom is 0.0435 e. The highest BCUT2D eigenvalue weighted by molar-refractivity contribution is 6.20. The largest absolute Gasteiger partial charge is 0.299 e. The van der Waals surface area contributed by atoms with Crippen molar-refractivity contribution in [1.29, 1.82) is 0 Å². The predicted octanol–water partition coefficient (Wildman–Crippen LogP) is 2.10. The van der Waals surface area contributed by atoms with Crippen molar-refractivity contribution in [3.05, 3.63) is 0 Å². The first-order valence-corrected chi connectivity index (χ1v) is 4.52. The molecule has 1 aliphatic heterocycles. The molecule has 0 N–H and O–H groups in total. The zero-order valence-corrected chi connectivity index (χ0v) is 7.56. The minimum absolute atomic E-state index is 0.306. The van der Waals surface area contributed by atoms with Crippen molar-refractivity contribution in [3.63, 3.8) is 0 Å². The van der Waals surface area contributed by atoms with Crippen molar-refractivity contribution in [2.75, 3.05) is 13.1 Å². The van der Waals surface area contributed by atoms with Crippen LogP contribution in [0.2, 0.25) is 0 Å². The van der Waals surface area contributed by atoms with Crippen LogP contribution in [0, 0.1) is 0 Å². The van der Waals surface area contributed by atoms with E-state index in [0.717, 1.165) is 12.6 Å². The second-order valence-corrected chi connectivity index (χ2v) is 4.01. The van der Waals surface area contributed by atoms with Crippen LogP contribution in [0.1, 0.15) is 26.7 Å². The van der Waals surface area contributed by atoms with Crippen molar-refractivity contribution < 1.29 is 0 Å². The van der Waals surface area contributed by atoms with Gasteiger partial charge >= 0.3 is 0 Å². The molecule has 1 aliphatic rings. The van der Waals surface area contributed by atoms with Crippen LogP contribution >= 0.6 is 11.6 Å². The first-order chi connectivity index (χ1) is 4.70. The molecule has 1 fully saturated rings. The standard InChI is InChI=1S/C8H16ClN/c1-7(9)6-10-5-3-4-8(10)2/h7-8H,3-6H2,1-2H3/t7?,8-/m1/s1. The highest BCUT2D eigenvalue weighted by atomic mass is 35.5. The third-order valence-corrected chi connectivity index (χ3v) is 2.31. The fraction of sp³-hybridized carbons (Fsp3) is 1.00. The van der Waals surface area contributed by atoms with E-state index in [9.17, 15) is 0 Å². The first-order valence-electron chi connectivity index (χ1n) is 4.08. The van der Waals surface area contributed by atoms with Crippen molar-refractivity contribution in [1.82, 2.24) is 4.90 Å². The molecule has 1 saturated heterocycles. The summed E-state index contributed by atoms with van der Waals surface area (Å²) in [5.74, 6) is 0. The van der Waals surface area contributed by atoms with Gasteiger partial charge in [-0.3, -0.25) is 4.90 Å². The summed E-state index contributed by atoms with van der Waals surface area (Å²) in [6.07, 6.45) is 2.70. The van der Waals surface area contributed by atoms with Crippen LogP contribution in [0.15, 0.2) is 0 Å². The van der Waals surface area contributed by atoms with E-state index in [-0.39, 0.29) is 0 Å². The summed E-state index contributed by atoms with van der Waals surface area (Å²) in [7, 11) is 0. The third kappa shape index (κ3) is 2.14. The summed E-state index contributed by atoms with van der Waals surface area (Å²) in [5, 5.41) is 0.306. The van der Waals surface area contributed by atoms with E-state index in [0.29, 0.717) is 5.38 Å². The Kier molecular flexibility index (Phi) is 2.99. The molecule has 60 valence electrons. The molecule has 2 heteroatoms. The van der Waals surface area contributed by atoms with Gasteiger partial charge in [-0.15, -0.1) is 11.6 Å². The fourth-order valence-corrected chi connectivity index (χ4v) is 1.76. The zero-order chi connectivity index (χ0) is 7.56. The second-order valence-electron chi connectivity index (χ2n) is 3.27. The molecule has 2 atom stereocenters. The Labute approximate surface area is 68.4 Å². The molecule has 0 radical (unpaired) electrons. The SMILES string of the molecule is CC(Cl)CN1CCC[C@H]1C. The molecular formula is C8H16ClN. The minimum atomic E-state index is 0.306. The molecule has 1 rings (SSSR count). The van der Waals surface area contributed by atoms with Gasteiger partial charge in [0.2, 0.25) is 0 Å². The summed E-state index contributed by atoms with van der Waals surface area (Å²) in [6.45, 7) is 6.65. The number of alkyl halides is 1. The first kappa shape index (κ1) is 8.35. The van der Waals surface area contributed by atoms with E-state index in [1.807, 2.05) is 0 Å². The predicted molar refractivity (Wildman–Crippen MR) is 45.6 cm³/mol. The Morgan fingerprint density at radius 3 is 2.80 bits per heavy atom. The van der Waals surface area contributed by atoms with Gasteiger partial charge in [0.1, 0.15) is 0 Å². The van der Waals surface area contributed by atoms with Crippen LogP contribution < -0.4 is 0 Å². The molecule has 1 heterocycles. The number of nitrogens with zero attached hydrogens (tertiary/aromatic N) is 1. The van der Waals surface area contributed by atoms with Gasteiger partial charge in [-0.2, -0.15) is 0 Å². The van der Waals surface area contributed by atoms with Gasteiger partial charge in [0.25, 0.3) is 0 Å². The van der Waals surface area contributed by atoms with Crippen molar-refractivity contribution in [2.24, 2.45) is 0 Å². The van der Waals surface area contributed by atoms with Crippen molar-refractivity contribution in [3.8, 4) is 0 Å². The average Bonchev–Trinajstić information content (AvgIpc) is 2.15. The Bertz CT molecular complexity index is 103. The van der Waals surface area contributed by atoms with Gasteiger partial charge in [-0.25, -0.2) is 0 Å². The number of halogens is 1. The Hall–Kier alpha value is 0.250. The van der Waals surface area contributed by atoms with E-state index in [1.165, 1.54) is 19.4 Å². The van der Waals surface area contributed by atoms with Crippen molar-refractivity contribution in [2.45, 2.75) is 38.1 Å². The van der Waals surface area contributed by atoms with Gasteiger partial charge in [0, 0.05) is 18.0 Å². The summed E-state index contributed by atoms with van der Waals surface area (Å²) < 4.78 is 0. The van der Waals surface area contributed by atoms with E-state index >= 15 is 0 Å². The molecule has 0 amide bonds. The van der Waals surface area contributed by atoms with Gasteiger partial charge < -0.3 is 0 Å². The molecule has 0 aliphatic carbocycles. The maximum absolute atomic E-state index is 5.88. The quantitative estimate of drug-likeness (QED) is 0.561. The minimum Gasteiger partial charge on any atom is -0.299 e. The average molecular weight is 162 g/mol. The highest BCUT2D eigenvalue weighted by Crippen LogP contribution is 2.17. The number of hydrogen-bond acceptors (Lipinski definition) is 1.